The second kappa shape index (κ2) is 11.5. The second-order valence-corrected chi connectivity index (χ2v) is 8.86. The molecule has 1 amide bonds. The number of hydrogen-bond donors (Lipinski definition) is 1. The molecule has 0 aliphatic heterocycles. The standard InChI is InChI=1S/C23H25Cl2N3O3S/c1-4-6-26-23(29)19-12-21(28(15(19)2)7-5-8-30-3)20-14-32-22(27-20)13-31-18-10-16(24)9-17(25)11-18/h4,9-12,14H,1,5-8,13H2,2-3H3,(H,26,29). The van der Waals surface area contributed by atoms with Crippen LogP contribution in [0.1, 0.15) is 27.5 Å². The Labute approximate surface area is 201 Å². The third kappa shape index (κ3) is 6.13. The Balaban J connectivity index is 1.83. The molecule has 0 unspecified atom stereocenters. The summed E-state index contributed by atoms with van der Waals surface area (Å²) < 4.78 is 13.1. The van der Waals surface area contributed by atoms with Crippen molar-refractivity contribution >= 4 is 40.4 Å². The van der Waals surface area contributed by atoms with Crippen molar-refractivity contribution in [3.63, 3.8) is 0 Å². The molecule has 170 valence electrons. The zero-order valence-corrected chi connectivity index (χ0v) is 20.3. The van der Waals surface area contributed by atoms with Gasteiger partial charge in [0.05, 0.1) is 17.0 Å². The van der Waals surface area contributed by atoms with Gasteiger partial charge in [0.1, 0.15) is 17.4 Å². The molecule has 2 heterocycles. The van der Waals surface area contributed by atoms with Crippen molar-refractivity contribution in [2.45, 2.75) is 26.5 Å². The molecule has 6 nitrogen and oxygen atoms in total. The molecule has 0 atom stereocenters. The van der Waals surface area contributed by atoms with Gasteiger partial charge in [0.25, 0.3) is 5.91 Å². The molecular formula is C23H25Cl2N3O3S. The normalized spacial score (nSPS) is 10.9. The first-order valence-electron chi connectivity index (χ1n) is 10.0. The summed E-state index contributed by atoms with van der Waals surface area (Å²) >= 11 is 13.6. The molecular weight excluding hydrogens is 469 g/mol. The van der Waals surface area contributed by atoms with Gasteiger partial charge in [0.2, 0.25) is 0 Å². The van der Waals surface area contributed by atoms with E-state index in [2.05, 4.69) is 16.5 Å². The van der Waals surface area contributed by atoms with E-state index in [9.17, 15) is 4.79 Å². The Morgan fingerprint density at radius 1 is 1.28 bits per heavy atom. The number of amides is 1. The van der Waals surface area contributed by atoms with E-state index in [0.717, 1.165) is 28.5 Å². The molecule has 1 N–H and O–H groups in total. The van der Waals surface area contributed by atoms with Crippen molar-refractivity contribution in [1.29, 1.82) is 0 Å². The Morgan fingerprint density at radius 2 is 2.03 bits per heavy atom. The first-order valence-corrected chi connectivity index (χ1v) is 11.7. The number of benzene rings is 1. The molecule has 0 fully saturated rings. The quantitative estimate of drug-likeness (QED) is 0.272. The van der Waals surface area contributed by atoms with Crippen LogP contribution in [-0.2, 0) is 17.9 Å². The summed E-state index contributed by atoms with van der Waals surface area (Å²) in [6.45, 7) is 7.64. The van der Waals surface area contributed by atoms with Gasteiger partial charge in [-0.25, -0.2) is 4.98 Å². The summed E-state index contributed by atoms with van der Waals surface area (Å²) in [4.78, 5) is 17.3. The van der Waals surface area contributed by atoms with Gasteiger partial charge in [-0.15, -0.1) is 17.9 Å². The van der Waals surface area contributed by atoms with Crippen LogP contribution < -0.4 is 10.1 Å². The molecule has 0 bridgehead atoms. The minimum atomic E-state index is -0.134. The Morgan fingerprint density at radius 3 is 2.72 bits per heavy atom. The lowest BCUT2D eigenvalue weighted by molar-refractivity contribution is 0.0957. The summed E-state index contributed by atoms with van der Waals surface area (Å²) in [5.41, 5.74) is 3.19. The van der Waals surface area contributed by atoms with E-state index in [1.54, 1.807) is 31.4 Å². The maximum atomic E-state index is 12.6. The number of rotatable bonds is 11. The van der Waals surface area contributed by atoms with E-state index in [1.165, 1.54) is 11.3 Å². The monoisotopic (exact) mass is 493 g/mol. The Hall–Kier alpha value is -2.32. The molecule has 0 aliphatic carbocycles. The van der Waals surface area contributed by atoms with Gasteiger partial charge in [-0.2, -0.15) is 0 Å². The van der Waals surface area contributed by atoms with Crippen LogP contribution in [0.5, 0.6) is 5.75 Å². The summed E-state index contributed by atoms with van der Waals surface area (Å²) in [5.74, 6) is 0.449. The summed E-state index contributed by atoms with van der Waals surface area (Å²) in [6.07, 6.45) is 2.48. The van der Waals surface area contributed by atoms with Crippen LogP contribution in [0, 0.1) is 6.92 Å². The number of aromatic nitrogens is 2. The van der Waals surface area contributed by atoms with Crippen LogP contribution in [0.4, 0.5) is 0 Å². The fraction of sp³-hybridized carbons (Fsp3) is 0.304. The number of thiazole rings is 1. The van der Waals surface area contributed by atoms with E-state index in [4.69, 9.17) is 37.7 Å². The van der Waals surface area contributed by atoms with Crippen molar-refractivity contribution in [2.24, 2.45) is 0 Å². The number of ether oxygens (including phenoxy) is 2. The summed E-state index contributed by atoms with van der Waals surface area (Å²) in [7, 11) is 1.68. The van der Waals surface area contributed by atoms with Crippen LogP contribution in [0.2, 0.25) is 10.0 Å². The van der Waals surface area contributed by atoms with Crippen LogP contribution >= 0.6 is 34.5 Å². The van der Waals surface area contributed by atoms with Crippen LogP contribution in [0.25, 0.3) is 11.4 Å². The van der Waals surface area contributed by atoms with Crippen molar-refractivity contribution in [3.8, 4) is 17.1 Å². The fourth-order valence-corrected chi connectivity index (χ4v) is 4.46. The predicted octanol–water partition coefficient (Wildman–Crippen LogP) is 5.76. The zero-order chi connectivity index (χ0) is 23.1. The smallest absolute Gasteiger partial charge is 0.253 e. The lowest BCUT2D eigenvalue weighted by Crippen LogP contribution is -2.23. The largest absolute Gasteiger partial charge is 0.486 e. The minimum Gasteiger partial charge on any atom is -0.486 e. The van der Waals surface area contributed by atoms with Crippen molar-refractivity contribution in [2.75, 3.05) is 20.3 Å². The molecule has 0 saturated heterocycles. The van der Waals surface area contributed by atoms with Crippen molar-refractivity contribution < 1.29 is 14.3 Å². The highest BCUT2D eigenvalue weighted by molar-refractivity contribution is 7.09. The highest BCUT2D eigenvalue weighted by Crippen LogP contribution is 2.29. The van der Waals surface area contributed by atoms with Gasteiger partial charge in [-0.1, -0.05) is 29.3 Å². The number of nitrogens with one attached hydrogen (secondary N) is 1. The molecule has 0 aliphatic rings. The average Bonchev–Trinajstić information content (AvgIpc) is 3.35. The maximum Gasteiger partial charge on any atom is 0.253 e. The molecule has 32 heavy (non-hydrogen) atoms. The van der Waals surface area contributed by atoms with E-state index < -0.39 is 0 Å². The number of hydrogen-bond acceptors (Lipinski definition) is 5. The number of nitrogens with zero attached hydrogens (tertiary/aromatic N) is 2. The van der Waals surface area contributed by atoms with Crippen LogP contribution in [-0.4, -0.2) is 35.7 Å². The summed E-state index contributed by atoms with van der Waals surface area (Å²) in [5, 5.41) is 6.64. The predicted molar refractivity (Wildman–Crippen MR) is 130 cm³/mol. The first kappa shape index (κ1) is 24.3. The Bertz CT molecular complexity index is 1070. The highest BCUT2D eigenvalue weighted by atomic mass is 35.5. The molecule has 3 aromatic rings. The third-order valence-electron chi connectivity index (χ3n) is 4.76. The van der Waals surface area contributed by atoms with Gasteiger partial charge in [-0.05, 0) is 37.6 Å². The van der Waals surface area contributed by atoms with Gasteiger partial charge in [0.15, 0.2) is 0 Å². The van der Waals surface area contributed by atoms with E-state index in [1.807, 2.05) is 18.4 Å². The highest BCUT2D eigenvalue weighted by Gasteiger charge is 2.20. The van der Waals surface area contributed by atoms with Crippen LogP contribution in [0.3, 0.4) is 0 Å². The number of halogens is 2. The lowest BCUT2D eigenvalue weighted by atomic mass is 10.2. The minimum absolute atomic E-state index is 0.134. The van der Waals surface area contributed by atoms with E-state index in [0.29, 0.717) is 41.1 Å². The van der Waals surface area contributed by atoms with E-state index in [-0.39, 0.29) is 12.5 Å². The zero-order valence-electron chi connectivity index (χ0n) is 18.0. The number of methoxy groups -OCH3 is 1. The van der Waals surface area contributed by atoms with E-state index >= 15 is 0 Å². The maximum absolute atomic E-state index is 12.6. The number of carbonyl (C=O) groups is 1. The average molecular weight is 494 g/mol. The molecule has 3 rings (SSSR count). The van der Waals surface area contributed by atoms with Crippen molar-refractivity contribution in [3.05, 3.63) is 68.6 Å². The fourth-order valence-electron chi connectivity index (χ4n) is 3.25. The lowest BCUT2D eigenvalue weighted by Gasteiger charge is -2.10. The third-order valence-corrected chi connectivity index (χ3v) is 6.02. The SMILES string of the molecule is C=CCNC(=O)c1cc(-c2csc(COc3cc(Cl)cc(Cl)c3)n2)n(CCCOC)c1C. The van der Waals surface area contributed by atoms with Gasteiger partial charge in [-0.3, -0.25) is 4.79 Å². The van der Waals surface area contributed by atoms with Crippen molar-refractivity contribution in [1.82, 2.24) is 14.9 Å². The molecule has 9 heteroatoms. The van der Waals surface area contributed by atoms with Gasteiger partial charge in [0, 0.05) is 47.9 Å². The van der Waals surface area contributed by atoms with Gasteiger partial charge >= 0.3 is 0 Å². The molecule has 1 aromatic carbocycles. The number of carbonyl (C=O) groups excluding carboxylic acids is 1. The molecule has 0 saturated carbocycles. The van der Waals surface area contributed by atoms with Crippen LogP contribution in [0.15, 0.2) is 42.3 Å². The van der Waals surface area contributed by atoms with Gasteiger partial charge < -0.3 is 19.4 Å². The Kier molecular flexibility index (Phi) is 8.75. The first-order chi connectivity index (χ1) is 15.4. The molecule has 2 aromatic heterocycles. The molecule has 0 spiro atoms. The topological polar surface area (TPSA) is 65.4 Å². The molecule has 0 radical (unpaired) electrons. The summed E-state index contributed by atoms with van der Waals surface area (Å²) in [6, 6.07) is 6.96. The second-order valence-electron chi connectivity index (χ2n) is 7.05.